The Kier molecular flexibility index (Phi) is 7.55. The number of likely N-dealkylation sites (tertiary alicyclic amines) is 1. The number of anilines is 1. The smallest absolute Gasteiger partial charge is 0.250 e. The van der Waals surface area contributed by atoms with E-state index in [0.29, 0.717) is 36.5 Å². The molecule has 3 saturated heterocycles. The Labute approximate surface area is 243 Å². The fraction of sp³-hybridized carbons (Fsp3) is 0.344. The SMILES string of the molecule is O=C(Nc1ccc(Cl)cc1)C1N([C@@H](CO)Cc2ccccc2)C(=O)[C@@H]2[C@@H](C(=O)NCc3ccccc3)[C@H]3CCC12O3. The van der Waals surface area contributed by atoms with E-state index in [1.54, 1.807) is 24.3 Å². The van der Waals surface area contributed by atoms with Crippen molar-refractivity contribution in [2.45, 2.75) is 49.6 Å². The van der Waals surface area contributed by atoms with Gasteiger partial charge in [0.25, 0.3) is 0 Å². The molecule has 3 aliphatic heterocycles. The molecule has 9 heteroatoms. The minimum Gasteiger partial charge on any atom is -0.394 e. The van der Waals surface area contributed by atoms with E-state index in [9.17, 15) is 19.5 Å². The highest BCUT2D eigenvalue weighted by Crippen LogP contribution is 2.59. The van der Waals surface area contributed by atoms with Crippen LogP contribution >= 0.6 is 11.6 Å². The molecule has 2 bridgehead atoms. The largest absolute Gasteiger partial charge is 0.394 e. The van der Waals surface area contributed by atoms with E-state index < -0.39 is 41.5 Å². The molecule has 6 rings (SSSR count). The molecule has 3 aliphatic rings. The molecule has 3 amide bonds. The Morgan fingerprint density at radius 1 is 0.976 bits per heavy atom. The van der Waals surface area contributed by atoms with Gasteiger partial charge in [-0.15, -0.1) is 0 Å². The first-order chi connectivity index (χ1) is 19.9. The average Bonchev–Trinajstić information content (AvgIpc) is 3.64. The molecule has 0 aromatic heterocycles. The van der Waals surface area contributed by atoms with Crippen LogP contribution in [0.4, 0.5) is 5.69 Å². The van der Waals surface area contributed by atoms with Crippen molar-refractivity contribution in [3.8, 4) is 0 Å². The van der Waals surface area contributed by atoms with Gasteiger partial charge in [0, 0.05) is 17.3 Å². The van der Waals surface area contributed by atoms with E-state index in [-0.39, 0.29) is 18.4 Å². The maximum Gasteiger partial charge on any atom is 0.250 e. The van der Waals surface area contributed by atoms with Crippen LogP contribution in [-0.2, 0) is 32.1 Å². The second-order valence-corrected chi connectivity index (χ2v) is 11.5. The number of halogens is 1. The Balaban J connectivity index is 1.33. The van der Waals surface area contributed by atoms with Gasteiger partial charge >= 0.3 is 0 Å². The average molecular weight is 574 g/mol. The highest BCUT2D eigenvalue weighted by atomic mass is 35.5. The lowest BCUT2D eigenvalue weighted by molar-refractivity contribution is -0.144. The van der Waals surface area contributed by atoms with Crippen molar-refractivity contribution >= 4 is 35.0 Å². The van der Waals surface area contributed by atoms with Gasteiger partial charge in [0.1, 0.15) is 11.6 Å². The number of nitrogens with zero attached hydrogens (tertiary/aromatic N) is 1. The van der Waals surface area contributed by atoms with Crippen LogP contribution in [0.25, 0.3) is 0 Å². The number of hydrogen-bond donors (Lipinski definition) is 3. The van der Waals surface area contributed by atoms with Crippen LogP contribution in [0.5, 0.6) is 0 Å². The van der Waals surface area contributed by atoms with Crippen molar-refractivity contribution in [1.82, 2.24) is 10.2 Å². The predicted octanol–water partition coefficient (Wildman–Crippen LogP) is 3.57. The van der Waals surface area contributed by atoms with Gasteiger partial charge < -0.3 is 25.4 Å². The van der Waals surface area contributed by atoms with Crippen molar-refractivity contribution in [3.63, 3.8) is 0 Å². The van der Waals surface area contributed by atoms with E-state index >= 15 is 0 Å². The fourth-order valence-electron chi connectivity index (χ4n) is 6.87. The molecule has 1 spiro atoms. The van der Waals surface area contributed by atoms with Gasteiger partial charge in [-0.25, -0.2) is 0 Å². The molecule has 3 aromatic rings. The van der Waals surface area contributed by atoms with E-state index in [0.717, 1.165) is 11.1 Å². The molecule has 6 atom stereocenters. The summed E-state index contributed by atoms with van der Waals surface area (Å²) in [5, 5.41) is 17.0. The molecule has 3 fully saturated rings. The standard InChI is InChI=1S/C32H32ClN3O5/c33-22-11-13-23(14-12-22)35-30(39)28-32-16-15-25(41-32)26(29(38)34-18-21-9-5-2-6-10-21)27(32)31(40)36(28)24(19-37)17-20-7-3-1-4-8-20/h1-14,24-28,37H,15-19H2,(H,34,38)(H,35,39)/t24-,25-,26+,27+,28?,32?/m1/s1. The minimum absolute atomic E-state index is 0.263. The van der Waals surface area contributed by atoms with E-state index in [4.69, 9.17) is 16.3 Å². The second-order valence-electron chi connectivity index (χ2n) is 11.0. The predicted molar refractivity (Wildman–Crippen MR) is 154 cm³/mol. The molecule has 41 heavy (non-hydrogen) atoms. The molecule has 0 radical (unpaired) electrons. The number of hydrogen-bond acceptors (Lipinski definition) is 5. The van der Waals surface area contributed by atoms with Crippen LogP contribution in [0, 0.1) is 11.8 Å². The first-order valence-corrected chi connectivity index (χ1v) is 14.3. The zero-order valence-electron chi connectivity index (χ0n) is 22.4. The van der Waals surface area contributed by atoms with Gasteiger partial charge in [0.15, 0.2) is 0 Å². The number of nitrogens with one attached hydrogen (secondary N) is 2. The Bertz CT molecular complexity index is 1420. The maximum atomic E-state index is 14.3. The van der Waals surface area contributed by atoms with Crippen molar-refractivity contribution < 1.29 is 24.2 Å². The lowest BCUT2D eigenvalue weighted by atomic mass is 9.70. The van der Waals surface area contributed by atoms with Crippen LogP contribution in [-0.4, -0.2) is 58.1 Å². The first-order valence-electron chi connectivity index (χ1n) is 13.9. The van der Waals surface area contributed by atoms with E-state index in [1.807, 2.05) is 60.7 Å². The molecule has 212 valence electrons. The first kappa shape index (κ1) is 27.4. The highest BCUT2D eigenvalue weighted by molar-refractivity contribution is 6.30. The summed E-state index contributed by atoms with van der Waals surface area (Å²) in [6, 6.07) is 24.1. The van der Waals surface area contributed by atoms with Crippen molar-refractivity contribution in [2.24, 2.45) is 11.8 Å². The van der Waals surface area contributed by atoms with Gasteiger partial charge in [0.2, 0.25) is 17.7 Å². The fourth-order valence-corrected chi connectivity index (χ4v) is 6.99. The van der Waals surface area contributed by atoms with Crippen LogP contribution in [0.3, 0.4) is 0 Å². The van der Waals surface area contributed by atoms with Gasteiger partial charge in [-0.05, 0) is 54.7 Å². The zero-order chi connectivity index (χ0) is 28.6. The zero-order valence-corrected chi connectivity index (χ0v) is 23.2. The summed E-state index contributed by atoms with van der Waals surface area (Å²) >= 11 is 6.04. The molecule has 3 N–H and O–H groups in total. The molecule has 8 nitrogen and oxygen atoms in total. The summed E-state index contributed by atoms with van der Waals surface area (Å²) in [5.41, 5.74) is 1.23. The summed E-state index contributed by atoms with van der Waals surface area (Å²) in [6.45, 7) is -0.0171. The molecule has 3 aromatic carbocycles. The number of benzene rings is 3. The number of aliphatic hydroxyl groups excluding tert-OH is 1. The molecular formula is C32H32ClN3O5. The van der Waals surface area contributed by atoms with Crippen LogP contribution in [0.2, 0.25) is 5.02 Å². The normalized spacial score (nSPS) is 27.0. The molecule has 3 heterocycles. The topological polar surface area (TPSA) is 108 Å². The number of fused-ring (bicyclic) bond motifs is 1. The van der Waals surface area contributed by atoms with E-state index in [1.165, 1.54) is 4.90 Å². The third kappa shape index (κ3) is 5.01. The molecular weight excluding hydrogens is 542 g/mol. The van der Waals surface area contributed by atoms with Crippen LogP contribution in [0.15, 0.2) is 84.9 Å². The number of rotatable bonds is 9. The van der Waals surface area contributed by atoms with Gasteiger partial charge in [-0.1, -0.05) is 72.3 Å². The third-order valence-corrected chi connectivity index (χ3v) is 8.88. The lowest BCUT2D eigenvalue weighted by Gasteiger charge is -2.36. The second kappa shape index (κ2) is 11.3. The van der Waals surface area contributed by atoms with Gasteiger partial charge in [-0.2, -0.15) is 0 Å². The monoisotopic (exact) mass is 573 g/mol. The maximum absolute atomic E-state index is 14.3. The van der Waals surface area contributed by atoms with Crippen LogP contribution < -0.4 is 10.6 Å². The minimum atomic E-state index is -1.17. The number of carbonyl (C=O) groups excluding carboxylic acids is 3. The van der Waals surface area contributed by atoms with Crippen molar-refractivity contribution in [3.05, 3.63) is 101 Å². The van der Waals surface area contributed by atoms with Crippen LogP contribution in [0.1, 0.15) is 24.0 Å². The number of amides is 3. The summed E-state index contributed by atoms with van der Waals surface area (Å²) in [5.74, 6) is -2.57. The van der Waals surface area contributed by atoms with Crippen molar-refractivity contribution in [2.75, 3.05) is 11.9 Å². The Hall–Kier alpha value is -3.72. The molecule has 2 unspecified atom stereocenters. The number of aliphatic hydroxyl groups is 1. The number of carbonyl (C=O) groups is 3. The highest BCUT2D eigenvalue weighted by Gasteiger charge is 2.75. The van der Waals surface area contributed by atoms with E-state index in [2.05, 4.69) is 10.6 Å². The van der Waals surface area contributed by atoms with Gasteiger partial charge in [-0.3, -0.25) is 14.4 Å². The lowest BCUT2D eigenvalue weighted by Crippen LogP contribution is -2.56. The molecule has 0 saturated carbocycles. The summed E-state index contributed by atoms with van der Waals surface area (Å²) in [6.07, 6.45) is 0.920. The Morgan fingerprint density at radius 2 is 1.63 bits per heavy atom. The number of ether oxygens (including phenoxy) is 1. The quantitative estimate of drug-likeness (QED) is 0.363. The van der Waals surface area contributed by atoms with Crippen molar-refractivity contribution in [1.29, 1.82) is 0 Å². The summed E-state index contributed by atoms with van der Waals surface area (Å²) in [4.78, 5) is 43.5. The Morgan fingerprint density at radius 3 is 2.29 bits per heavy atom. The van der Waals surface area contributed by atoms with Gasteiger partial charge in [0.05, 0.1) is 30.6 Å². The third-order valence-electron chi connectivity index (χ3n) is 8.63. The summed E-state index contributed by atoms with van der Waals surface area (Å²) in [7, 11) is 0. The molecule has 0 aliphatic carbocycles. The summed E-state index contributed by atoms with van der Waals surface area (Å²) < 4.78 is 6.52.